The number of nitrogens with zero attached hydrogens (tertiary/aromatic N) is 2. The standard InChI is InChI=1S/C8H8ClN3O2/c9-7-5(2-1-3-6(13)14)4-11-8(10)12-7/h1-2,4H,3H2,(H,13,14)(H2,10,11,12). The predicted octanol–water partition coefficient (Wildman–Crippen LogP) is 1.20. The van der Waals surface area contributed by atoms with E-state index in [9.17, 15) is 4.79 Å². The number of nitrogens with two attached hydrogens (primary N) is 1. The molecule has 0 aliphatic heterocycles. The first kappa shape index (κ1) is 10.5. The van der Waals surface area contributed by atoms with Crippen LogP contribution in [0.15, 0.2) is 12.3 Å². The fraction of sp³-hybridized carbons (Fsp3) is 0.125. The van der Waals surface area contributed by atoms with Crippen molar-refractivity contribution in [1.82, 2.24) is 9.97 Å². The monoisotopic (exact) mass is 213 g/mol. The van der Waals surface area contributed by atoms with Gasteiger partial charge in [0.05, 0.1) is 6.42 Å². The molecular weight excluding hydrogens is 206 g/mol. The Morgan fingerprint density at radius 1 is 1.71 bits per heavy atom. The highest BCUT2D eigenvalue weighted by Crippen LogP contribution is 2.14. The maximum Gasteiger partial charge on any atom is 0.307 e. The number of hydrogen-bond donors (Lipinski definition) is 2. The molecule has 0 atom stereocenters. The average Bonchev–Trinajstić information content (AvgIpc) is 2.08. The molecule has 0 aliphatic carbocycles. The molecule has 0 saturated heterocycles. The topological polar surface area (TPSA) is 89.1 Å². The molecular formula is C8H8ClN3O2. The van der Waals surface area contributed by atoms with Gasteiger partial charge in [0.2, 0.25) is 5.95 Å². The number of anilines is 1. The Hall–Kier alpha value is -1.62. The first-order valence-corrected chi connectivity index (χ1v) is 4.13. The SMILES string of the molecule is Nc1ncc(C=CCC(=O)O)c(Cl)n1. The highest BCUT2D eigenvalue weighted by molar-refractivity contribution is 6.30. The normalized spacial score (nSPS) is 10.6. The molecule has 1 aromatic heterocycles. The lowest BCUT2D eigenvalue weighted by Crippen LogP contribution is -1.95. The number of halogens is 1. The molecule has 0 aromatic carbocycles. The lowest BCUT2D eigenvalue weighted by molar-refractivity contribution is -0.135. The van der Waals surface area contributed by atoms with E-state index in [0.717, 1.165) is 0 Å². The number of hydrogen-bond acceptors (Lipinski definition) is 4. The molecule has 0 unspecified atom stereocenters. The Kier molecular flexibility index (Phi) is 3.41. The predicted molar refractivity (Wildman–Crippen MR) is 52.7 cm³/mol. The summed E-state index contributed by atoms with van der Waals surface area (Å²) in [7, 11) is 0. The second kappa shape index (κ2) is 4.57. The molecule has 0 fully saturated rings. The number of carboxylic acids is 1. The molecule has 14 heavy (non-hydrogen) atoms. The summed E-state index contributed by atoms with van der Waals surface area (Å²) < 4.78 is 0. The van der Waals surface area contributed by atoms with Gasteiger partial charge in [-0.05, 0) is 0 Å². The summed E-state index contributed by atoms with van der Waals surface area (Å²) in [4.78, 5) is 17.6. The van der Waals surface area contributed by atoms with Crippen LogP contribution in [0.2, 0.25) is 5.15 Å². The van der Waals surface area contributed by atoms with E-state index in [1.807, 2.05) is 0 Å². The Morgan fingerprint density at radius 2 is 2.43 bits per heavy atom. The fourth-order valence-corrected chi connectivity index (χ4v) is 0.980. The maximum absolute atomic E-state index is 10.2. The number of rotatable bonds is 3. The summed E-state index contributed by atoms with van der Waals surface area (Å²) in [5.74, 6) is -0.820. The van der Waals surface area contributed by atoms with E-state index < -0.39 is 5.97 Å². The van der Waals surface area contributed by atoms with Crippen LogP contribution in [0.4, 0.5) is 5.95 Å². The van der Waals surface area contributed by atoms with E-state index in [-0.39, 0.29) is 17.5 Å². The van der Waals surface area contributed by atoms with E-state index in [2.05, 4.69) is 9.97 Å². The van der Waals surface area contributed by atoms with Crippen molar-refractivity contribution in [2.45, 2.75) is 6.42 Å². The Balaban J connectivity index is 2.76. The van der Waals surface area contributed by atoms with E-state index in [1.165, 1.54) is 18.3 Å². The van der Waals surface area contributed by atoms with Crippen LogP contribution in [0.3, 0.4) is 0 Å². The summed E-state index contributed by atoms with van der Waals surface area (Å²) >= 11 is 5.72. The largest absolute Gasteiger partial charge is 0.481 e. The van der Waals surface area contributed by atoms with Crippen molar-refractivity contribution < 1.29 is 9.90 Å². The molecule has 0 spiro atoms. The van der Waals surface area contributed by atoms with Crippen molar-refractivity contribution in [2.24, 2.45) is 0 Å². The molecule has 1 heterocycles. The van der Waals surface area contributed by atoms with Gasteiger partial charge < -0.3 is 10.8 Å². The summed E-state index contributed by atoms with van der Waals surface area (Å²) in [5.41, 5.74) is 5.82. The average molecular weight is 214 g/mol. The molecule has 0 saturated carbocycles. The number of nitrogen functional groups attached to an aromatic ring is 1. The van der Waals surface area contributed by atoms with Gasteiger partial charge >= 0.3 is 5.97 Å². The third-order valence-electron chi connectivity index (χ3n) is 1.38. The molecule has 0 amide bonds. The Bertz CT molecular complexity index is 379. The van der Waals surface area contributed by atoms with Crippen LogP contribution in [-0.4, -0.2) is 21.0 Å². The van der Waals surface area contributed by atoms with Gasteiger partial charge in [0, 0.05) is 11.8 Å². The fourth-order valence-electron chi connectivity index (χ4n) is 0.781. The second-order valence-corrected chi connectivity index (χ2v) is 2.83. The van der Waals surface area contributed by atoms with E-state index in [4.69, 9.17) is 22.4 Å². The zero-order valence-electron chi connectivity index (χ0n) is 7.14. The molecule has 0 radical (unpaired) electrons. The van der Waals surface area contributed by atoms with Gasteiger partial charge in [-0.2, -0.15) is 0 Å². The van der Waals surface area contributed by atoms with Gasteiger partial charge in [-0.1, -0.05) is 23.8 Å². The van der Waals surface area contributed by atoms with Crippen LogP contribution in [-0.2, 0) is 4.79 Å². The van der Waals surface area contributed by atoms with Crippen LogP contribution in [0.5, 0.6) is 0 Å². The zero-order valence-corrected chi connectivity index (χ0v) is 7.90. The minimum absolute atomic E-state index is 0.0687. The van der Waals surface area contributed by atoms with Crippen molar-refractivity contribution >= 4 is 29.6 Å². The molecule has 1 rings (SSSR count). The van der Waals surface area contributed by atoms with Crippen LogP contribution in [0, 0.1) is 0 Å². The molecule has 5 nitrogen and oxygen atoms in total. The highest BCUT2D eigenvalue weighted by atomic mass is 35.5. The van der Waals surface area contributed by atoms with Crippen molar-refractivity contribution in [2.75, 3.05) is 5.73 Å². The Morgan fingerprint density at radius 3 is 3.00 bits per heavy atom. The minimum Gasteiger partial charge on any atom is -0.481 e. The third-order valence-corrected chi connectivity index (χ3v) is 1.68. The first-order valence-electron chi connectivity index (χ1n) is 3.76. The highest BCUT2D eigenvalue weighted by Gasteiger charge is 1.99. The van der Waals surface area contributed by atoms with Gasteiger partial charge in [0.1, 0.15) is 5.15 Å². The zero-order chi connectivity index (χ0) is 10.6. The van der Waals surface area contributed by atoms with Crippen LogP contribution in [0.1, 0.15) is 12.0 Å². The number of aliphatic carboxylic acids is 1. The van der Waals surface area contributed by atoms with Crippen LogP contribution >= 0.6 is 11.6 Å². The van der Waals surface area contributed by atoms with Crippen molar-refractivity contribution in [1.29, 1.82) is 0 Å². The smallest absolute Gasteiger partial charge is 0.307 e. The van der Waals surface area contributed by atoms with Crippen molar-refractivity contribution in [3.63, 3.8) is 0 Å². The van der Waals surface area contributed by atoms with Gasteiger partial charge in [0.15, 0.2) is 0 Å². The molecule has 74 valence electrons. The third kappa shape index (κ3) is 3.02. The first-order chi connectivity index (χ1) is 6.59. The van der Waals surface area contributed by atoms with Gasteiger partial charge in [0.25, 0.3) is 0 Å². The van der Waals surface area contributed by atoms with E-state index in [0.29, 0.717) is 5.56 Å². The maximum atomic E-state index is 10.2. The lowest BCUT2D eigenvalue weighted by Gasteiger charge is -1.96. The number of carboxylic acid groups (broad SMARTS) is 1. The Labute approximate surface area is 85.2 Å². The van der Waals surface area contributed by atoms with Gasteiger partial charge in [-0.15, -0.1) is 0 Å². The lowest BCUT2D eigenvalue weighted by atomic mass is 10.3. The van der Waals surface area contributed by atoms with Crippen molar-refractivity contribution in [3.8, 4) is 0 Å². The van der Waals surface area contributed by atoms with Crippen LogP contribution < -0.4 is 5.73 Å². The summed E-state index contributed by atoms with van der Waals surface area (Å²) in [6, 6.07) is 0. The number of carbonyl (C=O) groups is 1. The van der Waals surface area contributed by atoms with Gasteiger partial charge in [-0.25, -0.2) is 9.97 Å². The molecule has 6 heteroatoms. The van der Waals surface area contributed by atoms with E-state index in [1.54, 1.807) is 0 Å². The molecule has 0 bridgehead atoms. The molecule has 3 N–H and O–H groups in total. The number of aromatic nitrogens is 2. The summed E-state index contributed by atoms with van der Waals surface area (Å²) in [5, 5.41) is 8.58. The van der Waals surface area contributed by atoms with E-state index >= 15 is 0 Å². The minimum atomic E-state index is -0.909. The summed E-state index contributed by atoms with van der Waals surface area (Å²) in [6.07, 6.45) is 4.36. The second-order valence-electron chi connectivity index (χ2n) is 2.47. The molecule has 0 aliphatic rings. The molecule has 1 aromatic rings. The quantitative estimate of drug-likeness (QED) is 0.737. The summed E-state index contributed by atoms with van der Waals surface area (Å²) in [6.45, 7) is 0. The van der Waals surface area contributed by atoms with Crippen LogP contribution in [0.25, 0.3) is 6.08 Å². The van der Waals surface area contributed by atoms with Gasteiger partial charge in [-0.3, -0.25) is 4.79 Å². The van der Waals surface area contributed by atoms with Crippen molar-refractivity contribution in [3.05, 3.63) is 23.0 Å².